The van der Waals surface area contributed by atoms with Crippen LogP contribution in [0.25, 0.3) is 16.7 Å². The highest BCUT2D eigenvalue weighted by molar-refractivity contribution is 5.98. The minimum absolute atomic E-state index is 0.100. The summed E-state index contributed by atoms with van der Waals surface area (Å²) in [5, 5.41) is 8.30. The first-order chi connectivity index (χ1) is 15.2. The van der Waals surface area contributed by atoms with Crippen LogP contribution in [-0.2, 0) is 14.9 Å². The third kappa shape index (κ3) is 4.27. The van der Waals surface area contributed by atoms with E-state index >= 15 is 0 Å². The average molecular weight is 431 g/mol. The Labute approximate surface area is 186 Å². The quantitative estimate of drug-likeness (QED) is 0.449. The maximum Gasteiger partial charge on any atom is 0.375 e. The number of anilines is 1. The Morgan fingerprint density at radius 3 is 2.44 bits per heavy atom. The van der Waals surface area contributed by atoms with Crippen LogP contribution in [0.2, 0.25) is 0 Å². The van der Waals surface area contributed by atoms with Crippen molar-refractivity contribution in [3.05, 3.63) is 77.7 Å². The summed E-state index contributed by atoms with van der Waals surface area (Å²) in [4.78, 5) is 25.1. The van der Waals surface area contributed by atoms with Crippen molar-refractivity contribution in [3.63, 3.8) is 0 Å². The van der Waals surface area contributed by atoms with Gasteiger partial charge in [0.1, 0.15) is 11.4 Å². The molecule has 0 spiro atoms. The predicted molar refractivity (Wildman–Crippen MR) is 122 cm³/mol. The third-order valence-electron chi connectivity index (χ3n) is 5.11. The molecular formula is C25H25N3O4. The molecule has 0 bridgehead atoms. The van der Waals surface area contributed by atoms with Crippen LogP contribution in [0.3, 0.4) is 0 Å². The minimum Gasteiger partial charge on any atom is -0.450 e. The van der Waals surface area contributed by atoms with E-state index in [1.165, 1.54) is 0 Å². The van der Waals surface area contributed by atoms with Crippen molar-refractivity contribution in [2.75, 3.05) is 11.9 Å². The van der Waals surface area contributed by atoms with Crippen molar-refractivity contribution in [1.29, 1.82) is 0 Å². The van der Waals surface area contributed by atoms with E-state index in [1.54, 1.807) is 17.7 Å². The summed E-state index contributed by atoms with van der Waals surface area (Å²) < 4.78 is 12.5. The van der Waals surface area contributed by atoms with E-state index in [0.717, 1.165) is 16.8 Å². The van der Waals surface area contributed by atoms with Gasteiger partial charge in [-0.1, -0.05) is 57.2 Å². The van der Waals surface area contributed by atoms with Crippen LogP contribution in [0, 0.1) is 6.92 Å². The highest BCUT2D eigenvalue weighted by atomic mass is 16.5. The molecule has 1 amide bonds. The molecule has 0 saturated heterocycles. The van der Waals surface area contributed by atoms with E-state index in [1.807, 2.05) is 75.4 Å². The summed E-state index contributed by atoms with van der Waals surface area (Å²) >= 11 is 0. The van der Waals surface area contributed by atoms with E-state index in [2.05, 4.69) is 10.4 Å². The van der Waals surface area contributed by atoms with Crippen molar-refractivity contribution < 1.29 is 18.7 Å². The summed E-state index contributed by atoms with van der Waals surface area (Å²) in [6, 6.07) is 18.7. The van der Waals surface area contributed by atoms with Gasteiger partial charge in [0.05, 0.1) is 11.4 Å². The van der Waals surface area contributed by atoms with Crippen LogP contribution < -0.4 is 5.32 Å². The first-order valence-electron chi connectivity index (χ1n) is 10.3. The fourth-order valence-corrected chi connectivity index (χ4v) is 3.35. The number of nitrogens with zero attached hydrogens (tertiary/aromatic N) is 2. The Morgan fingerprint density at radius 2 is 1.75 bits per heavy atom. The number of rotatable bonds is 5. The van der Waals surface area contributed by atoms with E-state index in [9.17, 15) is 9.59 Å². The van der Waals surface area contributed by atoms with Crippen LogP contribution in [0.15, 0.2) is 65.1 Å². The fourth-order valence-electron chi connectivity index (χ4n) is 3.35. The summed E-state index contributed by atoms with van der Waals surface area (Å²) in [6.45, 7) is 7.49. The van der Waals surface area contributed by atoms with E-state index < -0.39 is 18.5 Å². The summed E-state index contributed by atoms with van der Waals surface area (Å²) in [5.41, 5.74) is 2.72. The van der Waals surface area contributed by atoms with Gasteiger partial charge in [-0.15, -0.1) is 0 Å². The molecule has 7 heteroatoms. The molecule has 0 unspecified atom stereocenters. The second kappa shape index (κ2) is 8.34. The van der Waals surface area contributed by atoms with Crippen LogP contribution in [0.1, 0.15) is 42.6 Å². The van der Waals surface area contributed by atoms with Gasteiger partial charge in [0.25, 0.3) is 5.91 Å². The molecule has 7 nitrogen and oxygen atoms in total. The number of fused-ring (bicyclic) bond motifs is 1. The van der Waals surface area contributed by atoms with Crippen LogP contribution >= 0.6 is 0 Å². The van der Waals surface area contributed by atoms with Gasteiger partial charge in [0.2, 0.25) is 5.76 Å². The molecule has 0 aliphatic carbocycles. The first kappa shape index (κ1) is 21.4. The molecular weight excluding hydrogens is 406 g/mol. The van der Waals surface area contributed by atoms with Crippen LogP contribution in [0.4, 0.5) is 5.82 Å². The largest absolute Gasteiger partial charge is 0.450 e. The number of aryl methyl sites for hydroxylation is 1. The number of carbonyl (C=O) groups excluding carboxylic acids is 2. The van der Waals surface area contributed by atoms with Crippen LogP contribution in [0.5, 0.6) is 0 Å². The molecule has 2 heterocycles. The Balaban J connectivity index is 1.49. The second-order valence-corrected chi connectivity index (χ2v) is 8.59. The normalized spacial score (nSPS) is 11.5. The summed E-state index contributed by atoms with van der Waals surface area (Å²) in [6.07, 6.45) is 0. The molecule has 1 N–H and O–H groups in total. The fraction of sp³-hybridized carbons (Fsp3) is 0.240. The van der Waals surface area contributed by atoms with Gasteiger partial charge < -0.3 is 14.5 Å². The molecule has 0 radical (unpaired) electrons. The molecule has 2 aromatic heterocycles. The highest BCUT2D eigenvalue weighted by Crippen LogP contribution is 2.27. The molecule has 0 aliphatic rings. The molecule has 0 atom stereocenters. The third-order valence-corrected chi connectivity index (χ3v) is 5.11. The molecule has 32 heavy (non-hydrogen) atoms. The first-order valence-corrected chi connectivity index (χ1v) is 10.3. The SMILES string of the molecule is Cc1c(C(=O)OCC(=O)Nc2cc(C(C)(C)C)nn2-c2ccccc2)oc2ccccc12. The monoisotopic (exact) mass is 431 g/mol. The Hall–Kier alpha value is -3.87. The van der Waals surface area contributed by atoms with Crippen molar-refractivity contribution in [3.8, 4) is 5.69 Å². The zero-order chi connectivity index (χ0) is 22.9. The Kier molecular flexibility index (Phi) is 5.57. The lowest BCUT2D eigenvalue weighted by Gasteiger charge is -2.14. The number of carbonyl (C=O) groups is 2. The minimum atomic E-state index is -0.680. The van der Waals surface area contributed by atoms with Crippen molar-refractivity contribution >= 4 is 28.7 Å². The zero-order valence-electron chi connectivity index (χ0n) is 18.5. The zero-order valence-corrected chi connectivity index (χ0v) is 18.5. The maximum atomic E-state index is 12.6. The van der Waals surface area contributed by atoms with Gasteiger partial charge >= 0.3 is 5.97 Å². The standard InChI is InChI=1S/C25H25N3O4/c1-16-18-12-8-9-13-19(18)32-23(16)24(30)31-15-22(29)26-21-14-20(25(2,3)4)27-28(21)17-10-6-5-7-11-17/h5-14H,15H2,1-4H3,(H,26,29). The molecule has 0 aliphatic heterocycles. The number of nitrogens with one attached hydrogen (secondary N) is 1. The number of hydrogen-bond acceptors (Lipinski definition) is 5. The number of para-hydroxylation sites is 2. The number of esters is 1. The predicted octanol–water partition coefficient (Wildman–Crippen LogP) is 5.02. The van der Waals surface area contributed by atoms with Gasteiger partial charge in [0, 0.05) is 22.4 Å². The number of benzene rings is 2. The summed E-state index contributed by atoms with van der Waals surface area (Å²) in [7, 11) is 0. The number of ether oxygens (including phenoxy) is 1. The molecule has 164 valence electrons. The average Bonchev–Trinajstić information content (AvgIpc) is 3.34. The Bertz CT molecular complexity index is 1280. The number of hydrogen-bond donors (Lipinski definition) is 1. The van der Waals surface area contributed by atoms with Crippen LogP contribution in [-0.4, -0.2) is 28.3 Å². The van der Waals surface area contributed by atoms with Gasteiger partial charge in [-0.25, -0.2) is 9.48 Å². The molecule has 0 saturated carbocycles. The summed E-state index contributed by atoms with van der Waals surface area (Å²) in [5.74, 6) is -0.545. The second-order valence-electron chi connectivity index (χ2n) is 8.59. The lowest BCUT2D eigenvalue weighted by atomic mass is 9.92. The molecule has 0 fully saturated rings. The lowest BCUT2D eigenvalue weighted by Crippen LogP contribution is -2.22. The van der Waals surface area contributed by atoms with Gasteiger partial charge in [0.15, 0.2) is 6.61 Å². The number of aromatic nitrogens is 2. The van der Waals surface area contributed by atoms with E-state index in [0.29, 0.717) is 17.0 Å². The van der Waals surface area contributed by atoms with Crippen molar-refractivity contribution in [2.45, 2.75) is 33.1 Å². The van der Waals surface area contributed by atoms with Crippen molar-refractivity contribution in [1.82, 2.24) is 9.78 Å². The van der Waals surface area contributed by atoms with Gasteiger partial charge in [-0.05, 0) is 25.1 Å². The van der Waals surface area contributed by atoms with E-state index in [-0.39, 0.29) is 11.2 Å². The maximum absolute atomic E-state index is 12.6. The molecule has 2 aromatic carbocycles. The van der Waals surface area contributed by atoms with E-state index in [4.69, 9.17) is 9.15 Å². The number of amides is 1. The highest BCUT2D eigenvalue weighted by Gasteiger charge is 2.23. The topological polar surface area (TPSA) is 86.4 Å². The van der Waals surface area contributed by atoms with Crippen molar-refractivity contribution in [2.24, 2.45) is 0 Å². The molecule has 4 aromatic rings. The smallest absolute Gasteiger partial charge is 0.375 e. The molecule has 4 rings (SSSR count). The Morgan fingerprint density at radius 1 is 1.06 bits per heavy atom. The van der Waals surface area contributed by atoms with Gasteiger partial charge in [-0.2, -0.15) is 5.10 Å². The number of furan rings is 1. The lowest BCUT2D eigenvalue weighted by molar-refractivity contribution is -0.119. The van der Waals surface area contributed by atoms with Gasteiger partial charge in [-0.3, -0.25) is 4.79 Å².